The van der Waals surface area contributed by atoms with Gasteiger partial charge in [0.05, 0.1) is 11.8 Å². The van der Waals surface area contributed by atoms with E-state index in [0.717, 1.165) is 0 Å². The van der Waals surface area contributed by atoms with E-state index >= 15 is 0 Å². The Hall–Kier alpha value is -0.556. The molecule has 15 heavy (non-hydrogen) atoms. The molecule has 0 fully saturated rings. The molecule has 0 aliphatic rings. The van der Waals surface area contributed by atoms with Crippen LogP contribution in [0.25, 0.3) is 0 Å². The molecule has 0 aliphatic heterocycles. The van der Waals surface area contributed by atoms with Crippen molar-refractivity contribution < 1.29 is 13.6 Å². The maximum absolute atomic E-state index is 11.6. The molecule has 88 valence electrons. The van der Waals surface area contributed by atoms with E-state index in [9.17, 15) is 4.79 Å². The van der Waals surface area contributed by atoms with Crippen molar-refractivity contribution in [3.05, 3.63) is 11.8 Å². The van der Waals surface area contributed by atoms with Crippen LogP contribution in [0.1, 0.15) is 20.8 Å². The van der Waals surface area contributed by atoms with Crippen molar-refractivity contribution in [2.45, 2.75) is 40.4 Å². The quantitative estimate of drug-likeness (QED) is 0.431. The van der Waals surface area contributed by atoms with Gasteiger partial charge in [-0.1, -0.05) is 20.8 Å². The van der Waals surface area contributed by atoms with Crippen LogP contribution in [0.5, 0.6) is 0 Å². The second kappa shape index (κ2) is 4.98. The second-order valence-electron chi connectivity index (χ2n) is 5.50. The molecule has 0 amide bonds. The highest BCUT2D eigenvalue weighted by Crippen LogP contribution is 2.26. The van der Waals surface area contributed by atoms with Gasteiger partial charge >= 0.3 is 5.97 Å². The monoisotopic (exact) mass is 246 g/mol. The third-order valence-corrected chi connectivity index (χ3v) is 2.94. The Balaban J connectivity index is 4.89. The molecule has 3 nitrogen and oxygen atoms in total. The fourth-order valence-corrected chi connectivity index (χ4v) is 1.57. The summed E-state index contributed by atoms with van der Waals surface area (Å²) >= 11 is 0. The van der Waals surface area contributed by atoms with Crippen LogP contribution in [0.4, 0.5) is 0 Å². The Morgan fingerprint density at radius 1 is 1.27 bits per heavy atom. The van der Waals surface area contributed by atoms with Crippen molar-refractivity contribution in [3.8, 4) is 0 Å². The zero-order chi connectivity index (χ0) is 12.3. The van der Waals surface area contributed by atoms with Crippen molar-refractivity contribution in [2.24, 2.45) is 5.41 Å². The summed E-state index contributed by atoms with van der Waals surface area (Å²) in [4.78, 5) is 11.6. The molecule has 0 saturated heterocycles. The van der Waals surface area contributed by atoms with E-state index in [2.05, 4.69) is 19.6 Å². The molecule has 5 heteroatoms. The third kappa shape index (κ3) is 5.79. The van der Waals surface area contributed by atoms with Crippen LogP contribution in [0, 0.1) is 5.41 Å². The first-order valence-electron chi connectivity index (χ1n) is 5.04. The van der Waals surface area contributed by atoms with Crippen molar-refractivity contribution in [1.82, 2.24) is 0 Å². The van der Waals surface area contributed by atoms with Gasteiger partial charge in [0.15, 0.2) is 0 Å². The second-order valence-corrected chi connectivity index (χ2v) is 10.4. The minimum atomic E-state index is -1.63. The molecule has 0 aromatic carbocycles. The number of hydrogen-bond acceptors (Lipinski definition) is 3. The SMILES string of the molecule is CC(C)(C)C(=CO[Si](C)(C)C)C(=O)O[SiH3]. The zero-order valence-corrected chi connectivity index (χ0v) is 13.8. The third-order valence-electron chi connectivity index (χ3n) is 1.74. The molecule has 0 aromatic heterocycles. The molecule has 0 rings (SSSR count). The lowest BCUT2D eigenvalue weighted by Crippen LogP contribution is -2.25. The Morgan fingerprint density at radius 2 is 1.73 bits per heavy atom. The zero-order valence-electron chi connectivity index (χ0n) is 10.8. The fraction of sp³-hybridized carbons (Fsp3) is 0.700. The summed E-state index contributed by atoms with van der Waals surface area (Å²) in [6, 6.07) is 0. The first-order chi connectivity index (χ1) is 6.58. The summed E-state index contributed by atoms with van der Waals surface area (Å²) < 4.78 is 10.5. The van der Waals surface area contributed by atoms with Crippen LogP contribution in [0.3, 0.4) is 0 Å². The molecule has 0 unspecified atom stereocenters. The predicted molar refractivity (Wildman–Crippen MR) is 68.0 cm³/mol. The van der Waals surface area contributed by atoms with Crippen LogP contribution in [-0.4, -0.2) is 24.8 Å². The summed E-state index contributed by atoms with van der Waals surface area (Å²) in [5, 5.41) is 0. The van der Waals surface area contributed by atoms with Gasteiger partial charge in [0.25, 0.3) is 0 Å². The average molecular weight is 246 g/mol. The van der Waals surface area contributed by atoms with Gasteiger partial charge in [0, 0.05) is 0 Å². The average Bonchev–Trinajstić information content (AvgIpc) is 1.99. The van der Waals surface area contributed by atoms with Crippen LogP contribution >= 0.6 is 0 Å². The molecular weight excluding hydrogens is 224 g/mol. The maximum atomic E-state index is 11.6. The lowest BCUT2D eigenvalue weighted by molar-refractivity contribution is -0.130. The summed E-state index contributed by atoms with van der Waals surface area (Å²) in [7, 11) is -1.21. The lowest BCUT2D eigenvalue weighted by atomic mass is 9.87. The Morgan fingerprint density at radius 3 is 2.00 bits per heavy atom. The van der Waals surface area contributed by atoms with E-state index in [1.54, 1.807) is 6.26 Å². The molecule has 0 radical (unpaired) electrons. The van der Waals surface area contributed by atoms with Gasteiger partial charge in [-0.05, 0) is 25.1 Å². The lowest BCUT2D eigenvalue weighted by Gasteiger charge is -2.23. The Bertz CT molecular complexity index is 259. The summed E-state index contributed by atoms with van der Waals surface area (Å²) in [5.41, 5.74) is 0.376. The molecular formula is C10H22O3Si2. The first-order valence-corrected chi connectivity index (χ1v) is 9.27. The summed E-state index contributed by atoms with van der Waals surface area (Å²) in [6.45, 7) is 12.2. The molecule has 0 aromatic rings. The highest BCUT2D eigenvalue weighted by atomic mass is 28.4. The summed E-state index contributed by atoms with van der Waals surface area (Å²) in [6.07, 6.45) is 1.59. The molecule has 0 aliphatic carbocycles. The van der Waals surface area contributed by atoms with Crippen LogP contribution in [0.2, 0.25) is 19.6 Å². The molecule has 0 saturated carbocycles. The van der Waals surface area contributed by atoms with Crippen LogP contribution in [0.15, 0.2) is 11.8 Å². The number of carbonyl (C=O) groups is 1. The van der Waals surface area contributed by atoms with Gasteiger partial charge in [-0.15, -0.1) is 0 Å². The van der Waals surface area contributed by atoms with E-state index in [-0.39, 0.29) is 11.4 Å². The van der Waals surface area contributed by atoms with Crippen molar-refractivity contribution in [2.75, 3.05) is 0 Å². The van der Waals surface area contributed by atoms with Crippen LogP contribution < -0.4 is 0 Å². The molecule has 0 spiro atoms. The largest absolute Gasteiger partial charge is 0.549 e. The highest BCUT2D eigenvalue weighted by Gasteiger charge is 2.26. The Kier molecular flexibility index (Phi) is 4.80. The standard InChI is InChI=1S/C10H22O3Si2/c1-10(2,3)8(9(11)13-14)7-12-15(4,5)6/h7H,1-6,14H3. The van der Waals surface area contributed by atoms with Crippen molar-refractivity contribution >= 4 is 24.8 Å². The van der Waals surface area contributed by atoms with E-state index < -0.39 is 8.32 Å². The molecule has 0 heterocycles. The van der Waals surface area contributed by atoms with Gasteiger partial charge in [-0.3, -0.25) is 0 Å². The molecule has 0 atom stereocenters. The number of carbonyl (C=O) groups excluding carboxylic acids is 1. The Labute approximate surface area is 96.5 Å². The van der Waals surface area contributed by atoms with E-state index in [1.165, 1.54) is 0 Å². The highest BCUT2D eigenvalue weighted by molar-refractivity contribution is 6.69. The van der Waals surface area contributed by atoms with E-state index in [0.29, 0.717) is 16.1 Å². The van der Waals surface area contributed by atoms with E-state index in [1.807, 2.05) is 20.8 Å². The first kappa shape index (κ1) is 14.4. The van der Waals surface area contributed by atoms with Gasteiger partial charge in [0.1, 0.15) is 0 Å². The minimum Gasteiger partial charge on any atom is -0.549 e. The molecule has 0 bridgehead atoms. The van der Waals surface area contributed by atoms with Gasteiger partial charge in [-0.25, -0.2) is 4.79 Å². The molecule has 0 N–H and O–H groups in total. The van der Waals surface area contributed by atoms with Gasteiger partial charge < -0.3 is 8.85 Å². The maximum Gasteiger partial charge on any atom is 0.323 e. The van der Waals surface area contributed by atoms with Gasteiger partial charge in [-0.2, -0.15) is 0 Å². The van der Waals surface area contributed by atoms with Crippen molar-refractivity contribution in [3.63, 3.8) is 0 Å². The predicted octanol–water partition coefficient (Wildman–Crippen LogP) is 1.59. The van der Waals surface area contributed by atoms with Gasteiger partial charge in [0.2, 0.25) is 18.8 Å². The fourth-order valence-electron chi connectivity index (χ4n) is 0.877. The minimum absolute atomic E-state index is 0.235. The smallest absolute Gasteiger partial charge is 0.323 e. The topological polar surface area (TPSA) is 35.5 Å². The number of rotatable bonds is 3. The number of hydrogen-bond donors (Lipinski definition) is 0. The van der Waals surface area contributed by atoms with E-state index in [4.69, 9.17) is 8.85 Å². The van der Waals surface area contributed by atoms with Crippen LogP contribution in [-0.2, 0) is 13.6 Å². The summed E-state index contributed by atoms with van der Waals surface area (Å²) in [5.74, 6) is -0.257. The van der Waals surface area contributed by atoms with Crippen molar-refractivity contribution in [1.29, 1.82) is 0 Å². The normalized spacial score (nSPS) is 13.9.